The molecule has 1 aromatic heterocycles. The molecule has 0 aliphatic heterocycles. The molecule has 1 aliphatic rings. The van der Waals surface area contributed by atoms with Crippen LogP contribution in [0.4, 0.5) is 13.2 Å². The van der Waals surface area contributed by atoms with E-state index >= 15 is 0 Å². The number of hydrogen-bond donors (Lipinski definition) is 1. The normalized spacial score (nSPS) is 22.9. The van der Waals surface area contributed by atoms with E-state index in [-0.39, 0.29) is 11.5 Å². The van der Waals surface area contributed by atoms with Crippen molar-refractivity contribution in [3.05, 3.63) is 15.6 Å². The molecule has 0 saturated heterocycles. The fourth-order valence-corrected chi connectivity index (χ4v) is 3.49. The van der Waals surface area contributed by atoms with Gasteiger partial charge in [0.2, 0.25) is 0 Å². The van der Waals surface area contributed by atoms with Gasteiger partial charge in [-0.15, -0.1) is 11.3 Å². The van der Waals surface area contributed by atoms with E-state index in [1.54, 1.807) is 0 Å². The summed E-state index contributed by atoms with van der Waals surface area (Å²) in [5.74, 6) is 0. The number of nitrogens with one attached hydrogen (secondary N) is 1. The van der Waals surface area contributed by atoms with Gasteiger partial charge in [-0.3, -0.25) is 0 Å². The second-order valence-corrected chi connectivity index (χ2v) is 6.51. The van der Waals surface area contributed by atoms with Crippen LogP contribution in [0.5, 0.6) is 0 Å². The standard InChI is InChI=1S/C12H17F3N2S/c1-4-16-7-5-11(2,3)6-8-9(7)18-10(17-8)12(13,14)15/h7,16H,4-6H2,1-3H3. The highest BCUT2D eigenvalue weighted by Crippen LogP contribution is 2.45. The van der Waals surface area contributed by atoms with E-state index in [0.717, 1.165) is 29.2 Å². The van der Waals surface area contributed by atoms with E-state index < -0.39 is 11.2 Å². The third-order valence-corrected chi connectivity index (χ3v) is 4.40. The van der Waals surface area contributed by atoms with Gasteiger partial charge in [0.15, 0.2) is 5.01 Å². The van der Waals surface area contributed by atoms with Crippen molar-refractivity contribution in [2.24, 2.45) is 5.41 Å². The molecule has 102 valence electrons. The quantitative estimate of drug-likeness (QED) is 0.890. The van der Waals surface area contributed by atoms with Gasteiger partial charge in [0.05, 0.1) is 5.69 Å². The second-order valence-electron chi connectivity index (χ2n) is 5.48. The Hall–Kier alpha value is -0.620. The topological polar surface area (TPSA) is 24.9 Å². The first kappa shape index (κ1) is 13.8. The van der Waals surface area contributed by atoms with E-state index in [0.29, 0.717) is 12.1 Å². The zero-order chi connectivity index (χ0) is 13.6. The Morgan fingerprint density at radius 1 is 1.44 bits per heavy atom. The Labute approximate surface area is 109 Å². The lowest BCUT2D eigenvalue weighted by Crippen LogP contribution is -2.32. The fraction of sp³-hybridized carbons (Fsp3) is 0.750. The molecule has 0 spiro atoms. The number of nitrogens with zero attached hydrogens (tertiary/aromatic N) is 1. The predicted molar refractivity (Wildman–Crippen MR) is 65.6 cm³/mol. The monoisotopic (exact) mass is 278 g/mol. The molecule has 0 bridgehead atoms. The van der Waals surface area contributed by atoms with Gasteiger partial charge in [-0.05, 0) is 24.8 Å². The molecular weight excluding hydrogens is 261 g/mol. The first-order chi connectivity index (χ1) is 8.23. The van der Waals surface area contributed by atoms with Gasteiger partial charge < -0.3 is 5.32 Å². The lowest BCUT2D eigenvalue weighted by atomic mass is 9.76. The van der Waals surface area contributed by atoms with Crippen molar-refractivity contribution in [2.75, 3.05) is 6.54 Å². The summed E-state index contributed by atoms with van der Waals surface area (Å²) in [4.78, 5) is 4.57. The minimum Gasteiger partial charge on any atom is -0.309 e. The van der Waals surface area contributed by atoms with Gasteiger partial charge >= 0.3 is 6.18 Å². The number of aromatic nitrogens is 1. The number of hydrogen-bond acceptors (Lipinski definition) is 3. The highest BCUT2D eigenvalue weighted by Gasteiger charge is 2.40. The Balaban J connectivity index is 2.39. The summed E-state index contributed by atoms with van der Waals surface area (Å²) in [6, 6.07) is 0.00218. The first-order valence-corrected chi connectivity index (χ1v) is 6.85. The maximum absolute atomic E-state index is 12.7. The Morgan fingerprint density at radius 2 is 2.11 bits per heavy atom. The maximum atomic E-state index is 12.7. The van der Waals surface area contributed by atoms with Crippen LogP contribution in [0.25, 0.3) is 0 Å². The molecule has 0 saturated carbocycles. The van der Waals surface area contributed by atoms with Gasteiger partial charge in [-0.2, -0.15) is 13.2 Å². The van der Waals surface area contributed by atoms with Crippen LogP contribution >= 0.6 is 11.3 Å². The molecule has 1 N–H and O–H groups in total. The highest BCUT2D eigenvalue weighted by atomic mass is 32.1. The number of rotatable bonds is 2. The molecule has 18 heavy (non-hydrogen) atoms. The number of alkyl halides is 3. The second kappa shape index (κ2) is 4.49. The van der Waals surface area contributed by atoms with Crippen LogP contribution in [0.15, 0.2) is 0 Å². The predicted octanol–water partition coefficient (Wildman–Crippen LogP) is 3.78. The molecule has 1 aromatic rings. The van der Waals surface area contributed by atoms with Crippen molar-refractivity contribution in [2.45, 2.75) is 45.8 Å². The molecule has 6 heteroatoms. The maximum Gasteiger partial charge on any atom is 0.443 e. The van der Waals surface area contributed by atoms with Gasteiger partial charge in [0, 0.05) is 10.9 Å². The smallest absolute Gasteiger partial charge is 0.309 e. The lowest BCUT2D eigenvalue weighted by Gasteiger charge is -2.34. The molecule has 0 aromatic carbocycles. The summed E-state index contributed by atoms with van der Waals surface area (Å²) < 4.78 is 38.1. The fourth-order valence-electron chi connectivity index (χ4n) is 2.47. The lowest BCUT2D eigenvalue weighted by molar-refractivity contribution is -0.137. The van der Waals surface area contributed by atoms with E-state index in [2.05, 4.69) is 24.1 Å². The summed E-state index contributed by atoms with van der Waals surface area (Å²) in [6.45, 7) is 6.87. The molecule has 2 rings (SSSR count). The SMILES string of the molecule is CCNC1CC(C)(C)Cc2nc(C(F)(F)F)sc21. The van der Waals surface area contributed by atoms with Crippen molar-refractivity contribution in [3.63, 3.8) is 0 Å². The van der Waals surface area contributed by atoms with Crippen LogP contribution in [-0.2, 0) is 12.6 Å². The summed E-state index contributed by atoms with van der Waals surface area (Å²) in [7, 11) is 0. The zero-order valence-corrected chi connectivity index (χ0v) is 11.5. The van der Waals surface area contributed by atoms with Crippen LogP contribution in [0.3, 0.4) is 0 Å². The van der Waals surface area contributed by atoms with Crippen LogP contribution in [-0.4, -0.2) is 11.5 Å². The van der Waals surface area contributed by atoms with E-state index in [9.17, 15) is 13.2 Å². The van der Waals surface area contributed by atoms with Crippen LogP contribution in [0.1, 0.15) is 48.8 Å². The van der Waals surface area contributed by atoms with Gasteiger partial charge in [0.25, 0.3) is 0 Å². The van der Waals surface area contributed by atoms with Crippen molar-refractivity contribution >= 4 is 11.3 Å². The summed E-state index contributed by atoms with van der Waals surface area (Å²) in [5.41, 5.74) is 0.617. The molecular formula is C12H17F3N2S. The van der Waals surface area contributed by atoms with E-state index in [1.165, 1.54) is 0 Å². The van der Waals surface area contributed by atoms with Crippen molar-refractivity contribution < 1.29 is 13.2 Å². The number of fused-ring (bicyclic) bond motifs is 1. The van der Waals surface area contributed by atoms with Crippen molar-refractivity contribution in [1.29, 1.82) is 0 Å². The van der Waals surface area contributed by atoms with Crippen LogP contribution < -0.4 is 5.32 Å². The third-order valence-electron chi connectivity index (χ3n) is 3.14. The molecule has 1 heterocycles. The van der Waals surface area contributed by atoms with Crippen molar-refractivity contribution in [1.82, 2.24) is 10.3 Å². The van der Waals surface area contributed by atoms with E-state index in [1.807, 2.05) is 6.92 Å². The van der Waals surface area contributed by atoms with Gasteiger partial charge in [0.1, 0.15) is 0 Å². The average Bonchev–Trinajstić information content (AvgIpc) is 2.59. The Bertz CT molecular complexity index is 437. The summed E-state index contributed by atoms with van der Waals surface area (Å²) >= 11 is 0.792. The zero-order valence-electron chi connectivity index (χ0n) is 10.7. The van der Waals surface area contributed by atoms with Crippen molar-refractivity contribution in [3.8, 4) is 0 Å². The first-order valence-electron chi connectivity index (χ1n) is 6.03. The minimum atomic E-state index is -4.33. The van der Waals surface area contributed by atoms with Crippen LogP contribution in [0, 0.1) is 5.41 Å². The Kier molecular flexibility index (Phi) is 3.44. The summed E-state index contributed by atoms with van der Waals surface area (Å²) in [6.07, 6.45) is -2.85. The number of halogens is 3. The van der Waals surface area contributed by atoms with E-state index in [4.69, 9.17) is 0 Å². The molecule has 0 radical (unpaired) electrons. The molecule has 1 atom stereocenters. The Morgan fingerprint density at radius 3 is 2.67 bits per heavy atom. The largest absolute Gasteiger partial charge is 0.443 e. The summed E-state index contributed by atoms with van der Waals surface area (Å²) in [5, 5.41) is 2.55. The number of thiazole rings is 1. The van der Waals surface area contributed by atoms with Gasteiger partial charge in [-0.1, -0.05) is 20.8 Å². The minimum absolute atomic E-state index is 0.00218. The molecule has 0 fully saturated rings. The third kappa shape index (κ3) is 2.69. The molecule has 0 amide bonds. The van der Waals surface area contributed by atoms with Gasteiger partial charge in [-0.25, -0.2) is 4.98 Å². The van der Waals surface area contributed by atoms with Crippen LogP contribution in [0.2, 0.25) is 0 Å². The highest BCUT2D eigenvalue weighted by molar-refractivity contribution is 7.12. The average molecular weight is 278 g/mol. The molecule has 1 unspecified atom stereocenters. The molecule has 2 nitrogen and oxygen atoms in total. The molecule has 1 aliphatic carbocycles.